The first kappa shape index (κ1) is 11.0. The molecule has 14 heavy (non-hydrogen) atoms. The van der Waals surface area contributed by atoms with Gasteiger partial charge in [0.2, 0.25) is 0 Å². The van der Waals surface area contributed by atoms with Crippen LogP contribution in [0.25, 0.3) is 0 Å². The van der Waals surface area contributed by atoms with Crippen molar-refractivity contribution in [1.29, 1.82) is 0 Å². The molecule has 0 saturated heterocycles. The second kappa shape index (κ2) is 4.57. The molecule has 0 aliphatic carbocycles. The van der Waals surface area contributed by atoms with E-state index in [0.29, 0.717) is 5.92 Å². The van der Waals surface area contributed by atoms with Gasteiger partial charge in [-0.15, -0.1) is 0 Å². The van der Waals surface area contributed by atoms with Crippen LogP contribution in [-0.4, -0.2) is 26.7 Å². The number of benzene rings is 1. The zero-order valence-corrected chi connectivity index (χ0v) is 12.3. The van der Waals surface area contributed by atoms with Crippen LogP contribution >= 0.6 is 18.8 Å². The summed E-state index contributed by atoms with van der Waals surface area (Å²) in [5.41, 5.74) is 1.49. The van der Waals surface area contributed by atoms with Gasteiger partial charge in [-0.05, 0) is 0 Å². The minimum absolute atomic E-state index is 0.0690. The Hall–Kier alpha value is 0.510. The zero-order valence-electron chi connectivity index (χ0n) is 8.37. The van der Waals surface area contributed by atoms with E-state index in [-0.39, 0.29) is 19.5 Å². The Morgan fingerprint density at radius 2 is 2.14 bits per heavy atom. The molecular formula is C10H12OS2Te. The van der Waals surface area contributed by atoms with E-state index >= 15 is 0 Å². The molecule has 0 fully saturated rings. The van der Waals surface area contributed by atoms with Gasteiger partial charge in [0.25, 0.3) is 0 Å². The Bertz CT molecular complexity index is 352. The number of hydrogen-bond acceptors (Lipinski definition) is 3. The van der Waals surface area contributed by atoms with Crippen molar-refractivity contribution >= 4 is 42.0 Å². The average molecular weight is 340 g/mol. The summed E-state index contributed by atoms with van der Waals surface area (Å²) in [4.78, 5) is 1.49. The molecule has 1 aromatic carbocycles. The fourth-order valence-electron chi connectivity index (χ4n) is 1.43. The van der Waals surface area contributed by atoms with Gasteiger partial charge in [-0.2, -0.15) is 0 Å². The summed E-state index contributed by atoms with van der Waals surface area (Å²) in [6.07, 6.45) is 0. The van der Waals surface area contributed by atoms with Crippen LogP contribution < -0.4 is 8.35 Å². The number of fused-ring (bicyclic) bond motifs is 1. The molecule has 1 aliphatic heterocycles. The fraction of sp³-hybridized carbons (Fsp3) is 0.400. The molecule has 1 aliphatic rings. The molecular weight excluding hydrogens is 328 g/mol. The van der Waals surface area contributed by atoms with Crippen LogP contribution in [0.1, 0.15) is 25.3 Å². The van der Waals surface area contributed by atoms with E-state index in [4.69, 9.17) is 4.74 Å². The van der Waals surface area contributed by atoms with Crippen molar-refractivity contribution < 1.29 is 4.74 Å². The van der Waals surface area contributed by atoms with Crippen LogP contribution in [0.4, 0.5) is 0 Å². The number of hydrogen-bond donors (Lipinski definition) is 0. The summed E-state index contributed by atoms with van der Waals surface area (Å²) in [6.45, 7) is 4.51. The third-order valence-corrected chi connectivity index (χ3v) is 10.5. The molecule has 0 saturated carbocycles. The van der Waals surface area contributed by atoms with Gasteiger partial charge in [0.05, 0.1) is 0 Å². The fourth-order valence-corrected chi connectivity index (χ4v) is 11.4. The third kappa shape index (κ3) is 1.90. The summed E-state index contributed by atoms with van der Waals surface area (Å²) in [6, 6.07) is 4.35. The van der Waals surface area contributed by atoms with Gasteiger partial charge in [0.15, 0.2) is 0 Å². The van der Waals surface area contributed by atoms with Crippen molar-refractivity contribution in [2.75, 3.05) is 7.11 Å². The van der Waals surface area contributed by atoms with E-state index in [1.54, 1.807) is 7.11 Å². The Balaban J connectivity index is 2.53. The van der Waals surface area contributed by atoms with Crippen LogP contribution in [0.3, 0.4) is 0 Å². The second-order valence-corrected chi connectivity index (χ2v) is 11.3. The summed E-state index contributed by atoms with van der Waals surface area (Å²) in [7, 11) is 5.75. The summed E-state index contributed by atoms with van der Waals surface area (Å²) >= 11 is -0.0690. The zero-order chi connectivity index (χ0) is 10.1. The van der Waals surface area contributed by atoms with Crippen LogP contribution in [0.2, 0.25) is 0 Å². The Kier molecular flexibility index (Phi) is 3.59. The first-order chi connectivity index (χ1) is 6.74. The van der Waals surface area contributed by atoms with Crippen molar-refractivity contribution in [3.8, 4) is 5.75 Å². The molecule has 0 amide bonds. The van der Waals surface area contributed by atoms with Gasteiger partial charge >= 0.3 is 102 Å². The monoisotopic (exact) mass is 342 g/mol. The number of methoxy groups -OCH3 is 1. The molecule has 76 valence electrons. The molecule has 4 heteroatoms. The van der Waals surface area contributed by atoms with E-state index in [9.17, 15) is 0 Å². The Morgan fingerprint density at radius 3 is 2.79 bits per heavy atom. The van der Waals surface area contributed by atoms with Gasteiger partial charge in [0.1, 0.15) is 0 Å². The topological polar surface area (TPSA) is 9.23 Å². The first-order valence-electron chi connectivity index (χ1n) is 4.46. The molecule has 0 spiro atoms. The maximum absolute atomic E-state index is 5.40. The minimum atomic E-state index is -0.0690. The molecule has 0 atom stereocenters. The van der Waals surface area contributed by atoms with E-state index in [1.165, 1.54) is 14.1 Å². The summed E-state index contributed by atoms with van der Waals surface area (Å²) in [5.74, 6) is 1.72. The van der Waals surface area contributed by atoms with Gasteiger partial charge in [0, 0.05) is 0 Å². The maximum atomic E-state index is 5.40. The van der Waals surface area contributed by atoms with Crippen molar-refractivity contribution in [2.45, 2.75) is 24.7 Å². The average Bonchev–Trinajstić information content (AvgIpc) is 2.64. The van der Waals surface area contributed by atoms with E-state index < -0.39 is 0 Å². The predicted octanol–water partition coefficient (Wildman–Crippen LogP) is 2.82. The van der Waals surface area contributed by atoms with Crippen molar-refractivity contribution in [3.05, 3.63) is 17.7 Å². The molecule has 2 rings (SSSR count). The number of rotatable bonds is 2. The van der Waals surface area contributed by atoms with Crippen molar-refractivity contribution in [2.24, 2.45) is 0 Å². The van der Waals surface area contributed by atoms with E-state index in [2.05, 4.69) is 26.0 Å². The second-order valence-electron chi connectivity index (χ2n) is 3.40. The van der Waals surface area contributed by atoms with E-state index in [1.807, 2.05) is 18.8 Å². The molecule has 0 aromatic heterocycles. The molecule has 0 radical (unpaired) electrons. The van der Waals surface area contributed by atoms with Crippen molar-refractivity contribution in [1.82, 2.24) is 0 Å². The van der Waals surface area contributed by atoms with Crippen LogP contribution in [0, 0.1) is 0 Å². The number of ether oxygens (including phenoxy) is 1. The molecule has 0 unspecified atom stereocenters. The quantitative estimate of drug-likeness (QED) is 0.605. The third-order valence-electron chi connectivity index (χ3n) is 2.18. The Labute approximate surface area is 101 Å². The van der Waals surface area contributed by atoms with Crippen LogP contribution in [0.15, 0.2) is 17.0 Å². The van der Waals surface area contributed by atoms with Gasteiger partial charge < -0.3 is 0 Å². The van der Waals surface area contributed by atoms with Gasteiger partial charge in [-0.25, -0.2) is 0 Å². The predicted molar refractivity (Wildman–Crippen MR) is 65.9 cm³/mol. The molecule has 1 aromatic rings. The van der Waals surface area contributed by atoms with Crippen LogP contribution in [0.5, 0.6) is 5.75 Å². The van der Waals surface area contributed by atoms with Crippen molar-refractivity contribution in [3.63, 3.8) is 0 Å². The van der Waals surface area contributed by atoms with Crippen LogP contribution in [-0.2, 0) is 0 Å². The Morgan fingerprint density at radius 1 is 1.36 bits per heavy atom. The molecule has 1 heterocycles. The molecule has 0 N–H and O–H groups in total. The molecule has 1 nitrogen and oxygen atoms in total. The first-order valence-corrected chi connectivity index (χ1v) is 10.6. The summed E-state index contributed by atoms with van der Waals surface area (Å²) < 4.78 is 6.91. The van der Waals surface area contributed by atoms with E-state index in [0.717, 1.165) is 5.75 Å². The standard InChI is InChI=1S/C10H12OS2Te/c1-6(2)7-4-5-8(11-3)10-9(7)12-13-14-10/h4-6H,1-3H3. The SMILES string of the molecule is COc1ccc(C(C)C)c2c1[Te]SS2. The normalized spacial score (nSPS) is 14.6. The summed E-state index contributed by atoms with van der Waals surface area (Å²) in [5, 5.41) is 0. The van der Waals surface area contributed by atoms with Gasteiger partial charge in [-0.1, -0.05) is 0 Å². The molecule has 0 bridgehead atoms. The van der Waals surface area contributed by atoms with Gasteiger partial charge in [-0.3, -0.25) is 0 Å².